The van der Waals surface area contributed by atoms with Crippen LogP contribution in [-0.2, 0) is 19.1 Å². The molecule has 3 heterocycles. The van der Waals surface area contributed by atoms with E-state index >= 15 is 0 Å². The topological polar surface area (TPSA) is 183 Å². The highest BCUT2D eigenvalue weighted by molar-refractivity contribution is 5.95. The molecule has 14 heteroatoms. The Morgan fingerprint density at radius 3 is 1.85 bits per heavy atom. The molecule has 1 fully saturated rings. The number of aromatic nitrogens is 4. The summed E-state index contributed by atoms with van der Waals surface area (Å²) in [6, 6.07) is 14.4. The summed E-state index contributed by atoms with van der Waals surface area (Å²) in [6.07, 6.45) is 3.76. The summed E-state index contributed by atoms with van der Waals surface area (Å²) in [7, 11) is 1.28. The maximum absolute atomic E-state index is 13.5. The van der Waals surface area contributed by atoms with Crippen LogP contribution in [-0.4, -0.2) is 80.2 Å². The summed E-state index contributed by atoms with van der Waals surface area (Å²) in [5.74, 6) is 0.138. The summed E-state index contributed by atoms with van der Waals surface area (Å²) < 4.78 is 10.1. The van der Waals surface area contributed by atoms with Crippen LogP contribution in [0.25, 0.3) is 33.6 Å². The average Bonchev–Trinajstić information content (AvgIpc) is 3.90. The number of nitrogens with one attached hydrogen (secondary N) is 5. The first-order chi connectivity index (χ1) is 25.1. The second-order valence-corrected chi connectivity index (χ2v) is 14.9. The molecule has 53 heavy (non-hydrogen) atoms. The van der Waals surface area contributed by atoms with E-state index < -0.39 is 35.8 Å². The second kappa shape index (κ2) is 16.3. The minimum Gasteiger partial charge on any atom is -0.453 e. The fraction of sp³-hybridized carbons (Fsp3) is 0.436. The molecule has 4 amide bonds. The molecule has 2 aromatic heterocycles. The van der Waals surface area contributed by atoms with Crippen LogP contribution in [0.3, 0.4) is 0 Å². The molecule has 1 saturated heterocycles. The first-order valence-corrected chi connectivity index (χ1v) is 17.9. The number of nitrogens with zero attached hydrogens (tertiary/aromatic N) is 3. The molecule has 0 spiro atoms. The number of alkyl carbamates (subject to hydrolysis) is 2. The van der Waals surface area contributed by atoms with Gasteiger partial charge in [-0.05, 0) is 67.7 Å². The van der Waals surface area contributed by atoms with Gasteiger partial charge >= 0.3 is 12.2 Å². The number of hydrogen-bond acceptors (Lipinski definition) is 8. The lowest BCUT2D eigenvalue weighted by molar-refractivity contribution is -0.135. The van der Waals surface area contributed by atoms with E-state index in [1.165, 1.54) is 7.11 Å². The molecule has 1 aliphatic rings. The van der Waals surface area contributed by atoms with Crippen LogP contribution in [0.1, 0.15) is 73.2 Å². The normalized spacial score (nSPS) is 15.6. The summed E-state index contributed by atoms with van der Waals surface area (Å²) in [5.41, 5.74) is 4.78. The Morgan fingerprint density at radius 2 is 1.30 bits per heavy atom. The van der Waals surface area contributed by atoms with Crippen LogP contribution in [0.15, 0.2) is 60.9 Å². The lowest BCUT2D eigenvalue weighted by Crippen LogP contribution is -2.51. The molecular formula is C39H50N8O6. The van der Waals surface area contributed by atoms with Gasteiger partial charge in [0, 0.05) is 6.54 Å². The molecule has 5 rings (SSSR count). The number of rotatable bonds is 11. The number of amides is 4. The zero-order chi connectivity index (χ0) is 38.4. The predicted molar refractivity (Wildman–Crippen MR) is 202 cm³/mol. The number of hydrogen-bond donors (Lipinski definition) is 5. The van der Waals surface area contributed by atoms with Crippen molar-refractivity contribution in [3.05, 3.63) is 66.7 Å². The molecule has 0 bridgehead atoms. The summed E-state index contributed by atoms with van der Waals surface area (Å²) in [6.45, 7) is 13.3. The minimum absolute atomic E-state index is 0.109. The molecule has 2 aromatic carbocycles. The fourth-order valence-electron chi connectivity index (χ4n) is 6.23. The van der Waals surface area contributed by atoms with E-state index in [0.717, 1.165) is 46.5 Å². The van der Waals surface area contributed by atoms with Gasteiger partial charge in [0.2, 0.25) is 17.8 Å². The van der Waals surface area contributed by atoms with Gasteiger partial charge in [-0.3, -0.25) is 14.9 Å². The molecule has 0 saturated carbocycles. The number of likely N-dealkylation sites (tertiary alicyclic amines) is 1. The van der Waals surface area contributed by atoms with Crippen molar-refractivity contribution in [3.63, 3.8) is 0 Å². The monoisotopic (exact) mass is 726 g/mol. The molecule has 282 valence electrons. The van der Waals surface area contributed by atoms with Gasteiger partial charge in [0.25, 0.3) is 0 Å². The largest absolute Gasteiger partial charge is 0.453 e. The number of imidazole rings is 2. The Balaban J connectivity index is 1.21. The molecule has 5 N–H and O–H groups in total. The maximum atomic E-state index is 13.5. The molecule has 4 aromatic rings. The number of anilines is 1. The number of benzene rings is 2. The first kappa shape index (κ1) is 38.6. The van der Waals surface area contributed by atoms with Gasteiger partial charge in [0.15, 0.2) is 0 Å². The minimum atomic E-state index is -0.812. The lowest BCUT2D eigenvalue weighted by atomic mass is 10.0. The third-order valence-electron chi connectivity index (χ3n) is 9.00. The van der Waals surface area contributed by atoms with Crippen LogP contribution < -0.4 is 16.0 Å². The van der Waals surface area contributed by atoms with Gasteiger partial charge in [-0.1, -0.05) is 76.2 Å². The Hall–Kier alpha value is -5.66. The van der Waals surface area contributed by atoms with Gasteiger partial charge in [-0.25, -0.2) is 19.6 Å². The molecule has 1 aliphatic heterocycles. The van der Waals surface area contributed by atoms with E-state index in [1.807, 2.05) is 76.2 Å². The molecule has 3 atom stereocenters. The zero-order valence-electron chi connectivity index (χ0n) is 31.6. The zero-order valence-corrected chi connectivity index (χ0v) is 31.6. The quantitative estimate of drug-likeness (QED) is 0.114. The number of ether oxygens (including phenoxy) is 2. The lowest BCUT2D eigenvalue weighted by Gasteiger charge is -2.30. The van der Waals surface area contributed by atoms with Crippen molar-refractivity contribution >= 4 is 29.9 Å². The van der Waals surface area contributed by atoms with E-state index in [9.17, 15) is 19.2 Å². The number of aromatic amines is 2. The van der Waals surface area contributed by atoms with Crippen molar-refractivity contribution in [3.8, 4) is 33.6 Å². The van der Waals surface area contributed by atoms with E-state index in [-0.39, 0.29) is 29.7 Å². The number of methoxy groups -OCH3 is 1. The van der Waals surface area contributed by atoms with Crippen LogP contribution in [0.5, 0.6) is 0 Å². The van der Waals surface area contributed by atoms with Gasteiger partial charge in [-0.15, -0.1) is 0 Å². The Morgan fingerprint density at radius 1 is 0.774 bits per heavy atom. The number of carbonyl (C=O) groups excluding carboxylic acids is 4. The van der Waals surface area contributed by atoms with E-state index in [1.54, 1.807) is 38.1 Å². The van der Waals surface area contributed by atoms with Crippen LogP contribution >= 0.6 is 0 Å². The van der Waals surface area contributed by atoms with Crippen LogP contribution in [0.4, 0.5) is 15.5 Å². The van der Waals surface area contributed by atoms with Gasteiger partial charge in [-0.2, -0.15) is 0 Å². The number of carbonyl (C=O) groups is 4. The van der Waals surface area contributed by atoms with Crippen molar-refractivity contribution in [1.82, 2.24) is 35.5 Å². The third-order valence-corrected chi connectivity index (χ3v) is 9.00. The summed E-state index contributed by atoms with van der Waals surface area (Å²) >= 11 is 0. The standard InChI is InChI=1S/C39H50N8O6/c1-22(2)31(44-38(51)53-39(5,6)7)34(48)46-36-41-21-29(43-36)27-17-13-25(14-18-27)24-11-15-26(16-12-24)28-20-40-33(42-28)30-10-9-19-47(30)35(49)32(23(3)4)45-37(50)52-8/h11-18,20-23,30-32H,9-10,19H2,1-8H3,(H,40,42)(H,44,51)(H,45,50)(H2,41,43,46,48). The van der Waals surface area contributed by atoms with Gasteiger partial charge in [0.1, 0.15) is 23.5 Å². The van der Waals surface area contributed by atoms with Crippen LogP contribution in [0.2, 0.25) is 0 Å². The van der Waals surface area contributed by atoms with Crippen molar-refractivity contribution in [2.24, 2.45) is 11.8 Å². The van der Waals surface area contributed by atoms with Crippen LogP contribution in [0, 0.1) is 11.8 Å². The maximum Gasteiger partial charge on any atom is 0.408 e. The molecule has 0 aliphatic carbocycles. The highest BCUT2D eigenvalue weighted by atomic mass is 16.6. The van der Waals surface area contributed by atoms with Gasteiger partial charge in [0.05, 0.1) is 36.9 Å². The summed E-state index contributed by atoms with van der Waals surface area (Å²) in [5, 5.41) is 8.09. The fourth-order valence-corrected chi connectivity index (χ4v) is 6.23. The van der Waals surface area contributed by atoms with E-state index in [0.29, 0.717) is 12.4 Å². The Kier molecular flexibility index (Phi) is 11.9. The SMILES string of the molecule is COC(=O)NC(C(=O)N1CCCC1c1ncc(-c2ccc(-c3ccc(-c4cnc(NC(=O)C(NC(=O)OC(C)(C)C)C(C)C)[nH]4)cc3)cc2)[nH]1)C(C)C. The molecular weight excluding hydrogens is 676 g/mol. The van der Waals surface area contributed by atoms with Crippen molar-refractivity contribution in [2.45, 2.75) is 85.0 Å². The van der Waals surface area contributed by atoms with Crippen molar-refractivity contribution in [1.29, 1.82) is 0 Å². The van der Waals surface area contributed by atoms with E-state index in [2.05, 4.69) is 35.9 Å². The smallest absolute Gasteiger partial charge is 0.408 e. The first-order valence-electron chi connectivity index (χ1n) is 17.9. The van der Waals surface area contributed by atoms with E-state index in [4.69, 9.17) is 9.47 Å². The average molecular weight is 727 g/mol. The summed E-state index contributed by atoms with van der Waals surface area (Å²) in [4.78, 5) is 68.1. The van der Waals surface area contributed by atoms with Crippen molar-refractivity contribution < 1.29 is 28.7 Å². The Bertz CT molecular complexity index is 1890. The highest BCUT2D eigenvalue weighted by Gasteiger charge is 2.37. The molecule has 3 unspecified atom stereocenters. The number of H-pyrrole nitrogens is 2. The predicted octanol–water partition coefficient (Wildman–Crippen LogP) is 6.67. The Labute approximate surface area is 309 Å². The van der Waals surface area contributed by atoms with Gasteiger partial charge < -0.3 is 35.0 Å². The molecule has 0 radical (unpaired) electrons. The second-order valence-electron chi connectivity index (χ2n) is 14.9. The molecule has 14 nitrogen and oxygen atoms in total. The third kappa shape index (κ3) is 9.62. The van der Waals surface area contributed by atoms with Crippen molar-refractivity contribution in [2.75, 3.05) is 19.0 Å². The highest BCUT2D eigenvalue weighted by Crippen LogP contribution is 2.33.